The fraction of sp³-hybridized carbons (Fsp3) is 0.0118. The average molecular weight is 1140 g/mol. The molecule has 1 aliphatic rings. The lowest BCUT2D eigenvalue weighted by Gasteiger charge is -2.36. The summed E-state index contributed by atoms with van der Waals surface area (Å²) in [6.07, 6.45) is 0. The second kappa shape index (κ2) is 20.2. The second-order valence-corrected chi connectivity index (χ2v) is 23.4. The average Bonchev–Trinajstić information content (AvgIpc) is 1.55. The molecule has 0 N–H and O–H groups in total. The Bertz CT molecular complexity index is 5560. The van der Waals surface area contributed by atoms with Gasteiger partial charge in [0.2, 0.25) is 0 Å². The van der Waals surface area contributed by atoms with Gasteiger partial charge in [-0.25, -0.2) is 0 Å². The van der Waals surface area contributed by atoms with Crippen LogP contribution in [-0.4, -0.2) is 0 Å². The number of hydrogen-bond acceptors (Lipinski definition) is 4. The smallest absolute Gasteiger partial charge is 0.160 e. The number of fused-ring (bicyclic) bond motifs is 13. The number of hydrogen-bond donors (Lipinski definition) is 0. The SMILES string of the molecule is c1ccc(-c2cccc3c2oc2c(N(c4ccccc4)c4ccc5c(c4)C(c4ccccc4)(c4ccccc4)c4cc(N(c6ccccc6)c6c7ccccc7cc7c6oc6c(-c8ccccc8)cccc67)c6ccccc6c4-5)c4ccccc4cc23)cc1. The van der Waals surface area contributed by atoms with Crippen LogP contribution in [0.25, 0.3) is 110 Å². The molecule has 0 spiro atoms. The highest BCUT2D eigenvalue weighted by atomic mass is 16.3. The normalized spacial score (nSPS) is 12.6. The predicted molar refractivity (Wildman–Crippen MR) is 371 cm³/mol. The van der Waals surface area contributed by atoms with Gasteiger partial charge in [-0.1, -0.05) is 273 Å². The highest BCUT2D eigenvalue weighted by Crippen LogP contribution is 2.62. The first-order chi connectivity index (χ1) is 44.2. The van der Waals surface area contributed by atoms with Crippen molar-refractivity contribution in [2.24, 2.45) is 0 Å². The summed E-state index contributed by atoms with van der Waals surface area (Å²) in [6, 6.07) is 119. The Morgan fingerprint density at radius 2 is 0.663 bits per heavy atom. The van der Waals surface area contributed by atoms with Gasteiger partial charge in [0.1, 0.15) is 11.2 Å². The van der Waals surface area contributed by atoms with Crippen LogP contribution < -0.4 is 9.80 Å². The minimum Gasteiger partial charge on any atom is -0.453 e. The number of para-hydroxylation sites is 4. The number of anilines is 6. The Balaban J connectivity index is 0.945. The van der Waals surface area contributed by atoms with Crippen molar-refractivity contribution in [3.63, 3.8) is 0 Å². The lowest BCUT2D eigenvalue weighted by molar-refractivity contribution is 0.670. The first kappa shape index (κ1) is 50.6. The molecule has 4 heteroatoms. The summed E-state index contributed by atoms with van der Waals surface area (Å²) in [5, 5.41) is 11.0. The van der Waals surface area contributed by atoms with Crippen molar-refractivity contribution in [3.05, 3.63) is 350 Å². The highest BCUT2D eigenvalue weighted by Gasteiger charge is 2.48. The van der Waals surface area contributed by atoms with Gasteiger partial charge in [0.15, 0.2) is 11.2 Å². The van der Waals surface area contributed by atoms with Crippen LogP contribution >= 0.6 is 0 Å². The molecule has 2 heterocycles. The molecule has 0 amide bonds. The van der Waals surface area contributed by atoms with Gasteiger partial charge in [-0.15, -0.1) is 0 Å². The molecular formula is C85H54N2O2. The van der Waals surface area contributed by atoms with Crippen molar-refractivity contribution in [2.45, 2.75) is 5.41 Å². The van der Waals surface area contributed by atoms with Crippen LogP contribution in [0.15, 0.2) is 336 Å². The molecule has 416 valence electrons. The molecule has 0 radical (unpaired) electrons. The molecule has 4 nitrogen and oxygen atoms in total. The van der Waals surface area contributed by atoms with Gasteiger partial charge in [-0.3, -0.25) is 0 Å². The zero-order valence-electron chi connectivity index (χ0n) is 48.4. The van der Waals surface area contributed by atoms with Crippen LogP contribution in [0.5, 0.6) is 0 Å². The van der Waals surface area contributed by atoms with Crippen LogP contribution in [0.1, 0.15) is 22.3 Å². The molecule has 0 fully saturated rings. The number of furan rings is 2. The van der Waals surface area contributed by atoms with E-state index in [1.165, 1.54) is 33.4 Å². The van der Waals surface area contributed by atoms with Gasteiger partial charge in [-0.2, -0.15) is 0 Å². The first-order valence-electron chi connectivity index (χ1n) is 30.6. The standard InChI is InChI=1S/C85H54N2O2/c1-7-27-55(28-8-1)66-45-25-47-70-73-51-57-31-19-21-41-64(57)79(83(73)88-81(66)70)86(61-37-15-5-16-38-61)63-49-50-72-75(53-63)85(59-33-11-3-12-34-59,60-35-13-4-14-36-60)76-54-77(68-43-23-24-44-69(68)78(72)76)87(62-39-17-6-18-40-62)80-65-42-22-20-32-58(65)52-74-71-48-26-46-67(82(71)89-84(74)80)56-29-9-2-10-30-56/h1-54H. The third kappa shape index (κ3) is 7.67. The maximum atomic E-state index is 7.49. The molecule has 0 unspecified atom stereocenters. The molecule has 0 bridgehead atoms. The summed E-state index contributed by atoms with van der Waals surface area (Å²) in [5.74, 6) is 0. The van der Waals surface area contributed by atoms with Crippen LogP contribution in [0, 0.1) is 0 Å². The van der Waals surface area contributed by atoms with E-state index in [-0.39, 0.29) is 0 Å². The summed E-state index contributed by atoms with van der Waals surface area (Å²) >= 11 is 0. The fourth-order valence-electron chi connectivity index (χ4n) is 14.9. The van der Waals surface area contributed by atoms with Crippen LogP contribution in [0.3, 0.4) is 0 Å². The third-order valence-electron chi connectivity index (χ3n) is 18.6. The molecule has 0 aliphatic heterocycles. The summed E-state index contributed by atoms with van der Waals surface area (Å²) in [4.78, 5) is 4.94. The van der Waals surface area contributed by atoms with Crippen molar-refractivity contribution >= 4 is 110 Å². The molecular weight excluding hydrogens is 1080 g/mol. The van der Waals surface area contributed by atoms with E-state index in [0.29, 0.717) is 0 Å². The molecule has 2 aromatic heterocycles. The van der Waals surface area contributed by atoms with Crippen molar-refractivity contribution in [3.8, 4) is 33.4 Å². The van der Waals surface area contributed by atoms with Crippen LogP contribution in [-0.2, 0) is 5.41 Å². The highest BCUT2D eigenvalue weighted by molar-refractivity contribution is 6.24. The number of benzene rings is 15. The van der Waals surface area contributed by atoms with Crippen molar-refractivity contribution in [2.75, 3.05) is 9.80 Å². The minimum atomic E-state index is -0.845. The molecule has 1 aliphatic carbocycles. The Kier molecular flexibility index (Phi) is 11.5. The van der Waals surface area contributed by atoms with E-state index in [9.17, 15) is 0 Å². The lowest BCUT2D eigenvalue weighted by atomic mass is 9.67. The molecule has 18 rings (SSSR count). The molecule has 89 heavy (non-hydrogen) atoms. The van der Waals surface area contributed by atoms with E-state index in [1.807, 2.05) is 0 Å². The first-order valence-corrected chi connectivity index (χ1v) is 30.6. The zero-order valence-corrected chi connectivity index (χ0v) is 48.4. The number of nitrogens with zero attached hydrogens (tertiary/aromatic N) is 2. The van der Waals surface area contributed by atoms with Crippen molar-refractivity contribution in [1.82, 2.24) is 0 Å². The van der Waals surface area contributed by atoms with Gasteiger partial charge < -0.3 is 18.6 Å². The van der Waals surface area contributed by atoms with Crippen LogP contribution in [0.2, 0.25) is 0 Å². The Morgan fingerprint density at radius 1 is 0.247 bits per heavy atom. The van der Waals surface area contributed by atoms with E-state index in [4.69, 9.17) is 8.83 Å². The fourth-order valence-corrected chi connectivity index (χ4v) is 14.9. The summed E-state index contributed by atoms with van der Waals surface area (Å²) in [7, 11) is 0. The lowest BCUT2D eigenvalue weighted by Crippen LogP contribution is -2.29. The zero-order chi connectivity index (χ0) is 58.6. The summed E-state index contributed by atoms with van der Waals surface area (Å²) in [6.45, 7) is 0. The maximum absolute atomic E-state index is 7.49. The second-order valence-electron chi connectivity index (χ2n) is 23.4. The molecule has 0 saturated heterocycles. The van der Waals surface area contributed by atoms with Gasteiger partial charge in [0.05, 0.1) is 22.5 Å². The van der Waals surface area contributed by atoms with E-state index in [1.54, 1.807) is 0 Å². The van der Waals surface area contributed by atoms with Gasteiger partial charge in [0, 0.05) is 65.9 Å². The Hall–Kier alpha value is -11.7. The van der Waals surface area contributed by atoms with Gasteiger partial charge >= 0.3 is 0 Å². The monoisotopic (exact) mass is 1130 g/mol. The summed E-state index contributed by atoms with van der Waals surface area (Å²) < 4.78 is 14.9. The molecule has 0 saturated carbocycles. The van der Waals surface area contributed by atoms with Crippen LogP contribution in [0.4, 0.5) is 34.1 Å². The predicted octanol–water partition coefficient (Wildman–Crippen LogP) is 23.6. The largest absolute Gasteiger partial charge is 0.453 e. The molecule has 0 atom stereocenters. The van der Waals surface area contributed by atoms with E-state index in [2.05, 4.69) is 337 Å². The maximum Gasteiger partial charge on any atom is 0.160 e. The van der Waals surface area contributed by atoms with E-state index < -0.39 is 5.41 Å². The third-order valence-corrected chi connectivity index (χ3v) is 18.6. The van der Waals surface area contributed by atoms with E-state index >= 15 is 0 Å². The quantitative estimate of drug-likeness (QED) is 0.137. The van der Waals surface area contributed by atoms with E-state index in [0.717, 1.165) is 133 Å². The molecule has 17 aromatic rings. The van der Waals surface area contributed by atoms with Gasteiger partial charge in [-0.05, 0) is 115 Å². The topological polar surface area (TPSA) is 32.8 Å². The minimum absolute atomic E-state index is 0.824. The molecule has 15 aromatic carbocycles. The number of rotatable bonds is 10. The Morgan fingerprint density at radius 3 is 1.18 bits per heavy atom. The van der Waals surface area contributed by atoms with Gasteiger partial charge in [0.25, 0.3) is 0 Å². The summed E-state index contributed by atoms with van der Waals surface area (Å²) in [5.41, 5.74) is 20.0. The van der Waals surface area contributed by atoms with Crippen molar-refractivity contribution in [1.29, 1.82) is 0 Å². The Labute approximate surface area is 514 Å². The van der Waals surface area contributed by atoms with Crippen molar-refractivity contribution < 1.29 is 8.83 Å².